The molecule has 110 valence electrons. The zero-order chi connectivity index (χ0) is 14.7. The minimum atomic E-state index is -0.468. The maximum Gasteiger partial charge on any atom is 0.245 e. The highest BCUT2D eigenvalue weighted by molar-refractivity contribution is 5.94. The first-order valence-electron chi connectivity index (χ1n) is 6.58. The van der Waals surface area contributed by atoms with Crippen molar-refractivity contribution in [3.05, 3.63) is 18.2 Å². The Bertz CT molecular complexity index is 500. The highest BCUT2D eigenvalue weighted by Gasteiger charge is 2.36. The Balaban J connectivity index is 2.07. The van der Waals surface area contributed by atoms with Gasteiger partial charge in [0.2, 0.25) is 11.8 Å². The van der Waals surface area contributed by atoms with Crippen molar-refractivity contribution in [2.75, 3.05) is 26.8 Å². The van der Waals surface area contributed by atoms with E-state index in [1.807, 2.05) is 17.8 Å². The summed E-state index contributed by atoms with van der Waals surface area (Å²) in [5.41, 5.74) is 0. The Morgan fingerprint density at radius 1 is 1.45 bits per heavy atom. The van der Waals surface area contributed by atoms with Crippen LogP contribution >= 0.6 is 0 Å². The minimum Gasteiger partial charge on any atom is -0.383 e. The summed E-state index contributed by atoms with van der Waals surface area (Å²) in [5.74, 6) is 0.662. The third kappa shape index (κ3) is 2.82. The van der Waals surface area contributed by atoms with Crippen molar-refractivity contribution in [3.63, 3.8) is 0 Å². The highest BCUT2D eigenvalue weighted by Crippen LogP contribution is 2.15. The summed E-state index contributed by atoms with van der Waals surface area (Å²) in [4.78, 5) is 31.8. The van der Waals surface area contributed by atoms with E-state index in [2.05, 4.69) is 4.98 Å². The normalized spacial score (nSPS) is 19.9. The fraction of sp³-hybridized carbons (Fsp3) is 0.615. The molecule has 2 amide bonds. The smallest absolute Gasteiger partial charge is 0.245 e. The van der Waals surface area contributed by atoms with E-state index in [-0.39, 0.29) is 18.4 Å². The van der Waals surface area contributed by atoms with Gasteiger partial charge >= 0.3 is 0 Å². The first-order valence-corrected chi connectivity index (χ1v) is 6.58. The van der Waals surface area contributed by atoms with Gasteiger partial charge in [-0.3, -0.25) is 9.59 Å². The molecule has 1 aromatic heterocycles. The summed E-state index contributed by atoms with van der Waals surface area (Å²) in [6.07, 6.45) is 3.50. The highest BCUT2D eigenvalue weighted by atomic mass is 16.5. The Hall–Kier alpha value is -1.89. The van der Waals surface area contributed by atoms with Crippen molar-refractivity contribution in [2.24, 2.45) is 7.05 Å². The lowest BCUT2D eigenvalue weighted by molar-refractivity contribution is -0.156. The van der Waals surface area contributed by atoms with Crippen molar-refractivity contribution < 1.29 is 14.3 Å². The van der Waals surface area contributed by atoms with Gasteiger partial charge in [-0.1, -0.05) is 0 Å². The molecule has 20 heavy (non-hydrogen) atoms. The number of carbonyl (C=O) groups excluding carboxylic acids is 2. The number of piperazine rings is 1. The quantitative estimate of drug-likeness (QED) is 0.738. The number of hydrogen-bond donors (Lipinski definition) is 0. The lowest BCUT2D eigenvalue weighted by Gasteiger charge is -2.38. The van der Waals surface area contributed by atoms with E-state index >= 15 is 0 Å². The molecule has 0 aromatic carbocycles. The second kappa shape index (κ2) is 6.04. The molecule has 0 saturated carbocycles. The number of imidazole rings is 1. The largest absolute Gasteiger partial charge is 0.383 e. The maximum absolute atomic E-state index is 12.2. The molecule has 0 aliphatic carbocycles. The van der Waals surface area contributed by atoms with Gasteiger partial charge in [0.05, 0.1) is 19.7 Å². The number of aryl methyl sites for hydroxylation is 1. The Morgan fingerprint density at radius 3 is 2.80 bits per heavy atom. The van der Waals surface area contributed by atoms with Gasteiger partial charge in [0.25, 0.3) is 0 Å². The van der Waals surface area contributed by atoms with E-state index in [9.17, 15) is 9.59 Å². The van der Waals surface area contributed by atoms with Crippen LogP contribution in [0, 0.1) is 0 Å². The van der Waals surface area contributed by atoms with Gasteiger partial charge in [-0.2, -0.15) is 0 Å². The van der Waals surface area contributed by atoms with Crippen molar-refractivity contribution in [2.45, 2.75) is 19.5 Å². The lowest BCUT2D eigenvalue weighted by Crippen LogP contribution is -2.59. The first kappa shape index (κ1) is 14.5. The third-order valence-corrected chi connectivity index (χ3v) is 3.58. The van der Waals surface area contributed by atoms with E-state index in [4.69, 9.17) is 4.74 Å². The van der Waals surface area contributed by atoms with Crippen LogP contribution in [0.15, 0.2) is 12.4 Å². The molecule has 1 saturated heterocycles. The molecule has 7 heteroatoms. The van der Waals surface area contributed by atoms with Crippen LogP contribution in [0.1, 0.15) is 12.7 Å². The van der Waals surface area contributed by atoms with Crippen LogP contribution < -0.4 is 0 Å². The molecule has 1 atom stereocenters. The van der Waals surface area contributed by atoms with Crippen molar-refractivity contribution >= 4 is 11.8 Å². The SMILES string of the molecule is COCCN1CC(=O)N(Cc2nccn2C)[C@@H](C)C1=O. The number of amides is 2. The number of methoxy groups -OCH3 is 1. The van der Waals surface area contributed by atoms with Gasteiger partial charge in [-0.25, -0.2) is 4.98 Å². The number of hydrogen-bond acceptors (Lipinski definition) is 4. The summed E-state index contributed by atoms with van der Waals surface area (Å²) >= 11 is 0. The van der Waals surface area contributed by atoms with Crippen molar-refractivity contribution in [1.82, 2.24) is 19.4 Å². The van der Waals surface area contributed by atoms with Crippen LogP contribution in [-0.2, 0) is 27.9 Å². The Kier molecular flexibility index (Phi) is 4.39. The van der Waals surface area contributed by atoms with Gasteiger partial charge in [-0.05, 0) is 6.92 Å². The second-order valence-electron chi connectivity index (χ2n) is 4.90. The van der Waals surface area contributed by atoms with Gasteiger partial charge in [0.15, 0.2) is 0 Å². The zero-order valence-corrected chi connectivity index (χ0v) is 12.1. The molecule has 1 aromatic rings. The van der Waals surface area contributed by atoms with Crippen LogP contribution in [-0.4, -0.2) is 64.0 Å². The van der Waals surface area contributed by atoms with Crippen molar-refractivity contribution in [3.8, 4) is 0 Å². The summed E-state index contributed by atoms with van der Waals surface area (Å²) in [6, 6.07) is -0.468. The van der Waals surface area contributed by atoms with Gasteiger partial charge in [-0.15, -0.1) is 0 Å². The summed E-state index contributed by atoms with van der Waals surface area (Å²) < 4.78 is 6.81. The average molecular weight is 280 g/mol. The molecule has 0 spiro atoms. The molecule has 0 radical (unpaired) electrons. The van der Waals surface area contributed by atoms with Crippen LogP contribution in [0.4, 0.5) is 0 Å². The summed E-state index contributed by atoms with van der Waals surface area (Å²) in [5, 5.41) is 0. The molecule has 1 aliphatic heterocycles. The fourth-order valence-electron chi connectivity index (χ4n) is 2.26. The molecule has 0 unspecified atom stereocenters. The molecule has 7 nitrogen and oxygen atoms in total. The van der Waals surface area contributed by atoms with E-state index in [1.165, 1.54) is 0 Å². The minimum absolute atomic E-state index is 0.0455. The molecule has 2 heterocycles. The average Bonchev–Trinajstić information content (AvgIpc) is 2.83. The van der Waals surface area contributed by atoms with Gasteiger partial charge < -0.3 is 19.1 Å². The van der Waals surface area contributed by atoms with E-state index in [0.29, 0.717) is 19.7 Å². The van der Waals surface area contributed by atoms with Gasteiger partial charge in [0, 0.05) is 33.1 Å². The molecular formula is C13H20N4O3. The van der Waals surface area contributed by atoms with Crippen LogP contribution in [0.2, 0.25) is 0 Å². The number of nitrogens with zero attached hydrogens (tertiary/aromatic N) is 4. The predicted molar refractivity (Wildman–Crippen MR) is 71.7 cm³/mol. The molecule has 2 rings (SSSR count). The topological polar surface area (TPSA) is 67.7 Å². The predicted octanol–water partition coefficient (Wildman–Crippen LogP) is -0.374. The van der Waals surface area contributed by atoms with E-state index in [0.717, 1.165) is 5.82 Å². The monoisotopic (exact) mass is 280 g/mol. The van der Waals surface area contributed by atoms with Crippen LogP contribution in [0.25, 0.3) is 0 Å². The summed E-state index contributed by atoms with van der Waals surface area (Å²) in [6.45, 7) is 3.10. The van der Waals surface area contributed by atoms with E-state index in [1.54, 1.807) is 30.0 Å². The lowest BCUT2D eigenvalue weighted by atomic mass is 10.1. The van der Waals surface area contributed by atoms with E-state index < -0.39 is 6.04 Å². The summed E-state index contributed by atoms with van der Waals surface area (Å²) in [7, 11) is 3.45. The number of rotatable bonds is 5. The second-order valence-corrected chi connectivity index (χ2v) is 4.90. The molecule has 0 bridgehead atoms. The molecular weight excluding hydrogens is 260 g/mol. The van der Waals surface area contributed by atoms with Crippen LogP contribution in [0.5, 0.6) is 0 Å². The Labute approximate surface area is 118 Å². The molecule has 1 aliphatic rings. The molecule has 1 fully saturated rings. The first-order chi connectivity index (χ1) is 9.54. The zero-order valence-electron chi connectivity index (χ0n) is 12.1. The number of carbonyl (C=O) groups is 2. The molecule has 0 N–H and O–H groups in total. The van der Waals surface area contributed by atoms with Gasteiger partial charge in [0.1, 0.15) is 11.9 Å². The Morgan fingerprint density at radius 2 is 2.20 bits per heavy atom. The fourth-order valence-corrected chi connectivity index (χ4v) is 2.26. The maximum atomic E-state index is 12.2. The third-order valence-electron chi connectivity index (χ3n) is 3.58. The standard InChI is InChI=1S/C13H20N4O3/c1-10-13(19)16(6-7-20-3)9-12(18)17(10)8-11-14-4-5-15(11)2/h4-5,10H,6-9H2,1-3H3/t10-/m0/s1. The number of ether oxygens (including phenoxy) is 1. The van der Waals surface area contributed by atoms with Crippen molar-refractivity contribution in [1.29, 1.82) is 0 Å². The van der Waals surface area contributed by atoms with Crippen LogP contribution in [0.3, 0.4) is 0 Å². The number of aromatic nitrogens is 2.